The highest BCUT2D eigenvalue weighted by Crippen LogP contribution is 2.33. The number of nitrogens with one attached hydrogen (secondary N) is 3. The van der Waals surface area contributed by atoms with Crippen LogP contribution in [-0.2, 0) is 9.53 Å². The van der Waals surface area contributed by atoms with Crippen LogP contribution in [-0.4, -0.2) is 91.9 Å². The van der Waals surface area contributed by atoms with E-state index in [0.717, 1.165) is 25.7 Å². The summed E-state index contributed by atoms with van der Waals surface area (Å²) in [6.45, 7) is 2.97. The van der Waals surface area contributed by atoms with Gasteiger partial charge in [-0.15, -0.1) is 0 Å². The van der Waals surface area contributed by atoms with E-state index in [0.29, 0.717) is 44.7 Å². The average molecular weight is 508 g/mol. The number of carboxylic acid groups (broad SMARTS) is 1. The van der Waals surface area contributed by atoms with Gasteiger partial charge in [-0.1, -0.05) is 12.1 Å². The molecule has 2 aliphatic heterocycles. The van der Waals surface area contributed by atoms with E-state index in [1.807, 2.05) is 11.9 Å². The quantitative estimate of drug-likeness (QED) is 0.341. The number of amides is 4. The molecule has 2 heterocycles. The fourth-order valence-electron chi connectivity index (χ4n) is 4.97. The maximum absolute atomic E-state index is 14.0. The maximum atomic E-state index is 14.0. The standard InChI is InChI=1S/C25H38FN5O5/c1-27-15-21(17-30-11-3-2-9-22(30)32)29-24(33)31-12-5-7-19(16-31)23(36-13-10-28-25(34)35)18-6-4-8-20(26)14-18/h4,6,8,14,19,21,23,27-28H,2-3,5,7,9-13,15-17H2,1H3,(H,29,33)(H,34,35)/t19-,21-,23+/m1/s1. The van der Waals surface area contributed by atoms with Crippen LogP contribution in [0.5, 0.6) is 0 Å². The van der Waals surface area contributed by atoms with Gasteiger partial charge < -0.3 is 35.6 Å². The first kappa shape index (κ1) is 27.7. The van der Waals surface area contributed by atoms with Crippen molar-refractivity contribution in [1.82, 2.24) is 25.8 Å². The van der Waals surface area contributed by atoms with Crippen molar-refractivity contribution in [3.63, 3.8) is 0 Å². The van der Waals surface area contributed by atoms with Crippen molar-refractivity contribution in [3.8, 4) is 0 Å². The van der Waals surface area contributed by atoms with Crippen LogP contribution in [0.25, 0.3) is 0 Å². The molecule has 0 spiro atoms. The molecule has 2 fully saturated rings. The van der Waals surface area contributed by atoms with Gasteiger partial charge in [-0.2, -0.15) is 0 Å². The van der Waals surface area contributed by atoms with Crippen molar-refractivity contribution < 1.29 is 28.6 Å². The average Bonchev–Trinajstić information content (AvgIpc) is 2.85. The first-order chi connectivity index (χ1) is 17.4. The summed E-state index contributed by atoms with van der Waals surface area (Å²) < 4.78 is 20.0. The van der Waals surface area contributed by atoms with E-state index >= 15 is 0 Å². The van der Waals surface area contributed by atoms with Crippen LogP contribution in [0.1, 0.15) is 43.8 Å². The van der Waals surface area contributed by atoms with Crippen LogP contribution in [0.2, 0.25) is 0 Å². The van der Waals surface area contributed by atoms with Crippen LogP contribution in [0.4, 0.5) is 14.0 Å². The number of benzene rings is 1. The molecular weight excluding hydrogens is 469 g/mol. The fraction of sp³-hybridized carbons (Fsp3) is 0.640. The third-order valence-electron chi connectivity index (χ3n) is 6.67. The lowest BCUT2D eigenvalue weighted by atomic mass is 9.88. The van der Waals surface area contributed by atoms with Gasteiger partial charge in [0, 0.05) is 51.6 Å². The second-order valence-electron chi connectivity index (χ2n) is 9.43. The van der Waals surface area contributed by atoms with Gasteiger partial charge in [0.1, 0.15) is 5.82 Å². The molecule has 3 rings (SSSR count). The molecule has 1 aromatic rings. The summed E-state index contributed by atoms with van der Waals surface area (Å²) in [6.07, 6.45) is 2.38. The highest BCUT2D eigenvalue weighted by molar-refractivity contribution is 5.77. The van der Waals surface area contributed by atoms with Crippen LogP contribution in [0.3, 0.4) is 0 Å². The molecule has 4 amide bonds. The smallest absolute Gasteiger partial charge is 0.404 e. The number of halogens is 1. The minimum atomic E-state index is -1.14. The molecule has 4 N–H and O–H groups in total. The second kappa shape index (κ2) is 14.0. The van der Waals surface area contributed by atoms with E-state index < -0.39 is 12.2 Å². The van der Waals surface area contributed by atoms with Gasteiger partial charge in [0.15, 0.2) is 0 Å². The molecule has 3 atom stereocenters. The number of carbonyl (C=O) groups excluding carboxylic acids is 2. The monoisotopic (exact) mass is 507 g/mol. The molecule has 1 aromatic carbocycles. The Morgan fingerprint density at radius 2 is 2.08 bits per heavy atom. The van der Waals surface area contributed by atoms with Gasteiger partial charge in [0.25, 0.3) is 0 Å². The molecule has 0 aromatic heterocycles. The lowest BCUT2D eigenvalue weighted by Gasteiger charge is -2.38. The SMILES string of the molecule is CNC[C@H](CN1CCCCC1=O)NC(=O)N1CCC[C@@H]([C@@H](OCCNC(=O)O)c2cccc(F)c2)C1. The van der Waals surface area contributed by atoms with Gasteiger partial charge in [0.2, 0.25) is 5.91 Å². The van der Waals surface area contributed by atoms with Crippen molar-refractivity contribution in [1.29, 1.82) is 0 Å². The minimum absolute atomic E-state index is 0.0810. The van der Waals surface area contributed by atoms with Crippen LogP contribution < -0.4 is 16.0 Å². The third-order valence-corrected chi connectivity index (χ3v) is 6.67. The third kappa shape index (κ3) is 8.34. The molecule has 0 unspecified atom stereocenters. The van der Waals surface area contributed by atoms with Gasteiger partial charge in [-0.05, 0) is 50.4 Å². The summed E-state index contributed by atoms with van der Waals surface area (Å²) in [5.41, 5.74) is 0.661. The summed E-state index contributed by atoms with van der Waals surface area (Å²) in [4.78, 5) is 39.8. The predicted molar refractivity (Wildman–Crippen MR) is 132 cm³/mol. The van der Waals surface area contributed by atoms with Gasteiger partial charge in [0.05, 0.1) is 18.8 Å². The Balaban J connectivity index is 1.64. The number of likely N-dealkylation sites (N-methyl/N-ethyl adjacent to an activating group) is 1. The highest BCUT2D eigenvalue weighted by atomic mass is 19.1. The van der Waals surface area contributed by atoms with Crippen LogP contribution in [0, 0.1) is 11.7 Å². The molecule has 2 saturated heterocycles. The van der Waals surface area contributed by atoms with E-state index in [9.17, 15) is 18.8 Å². The van der Waals surface area contributed by atoms with Crippen molar-refractivity contribution in [3.05, 3.63) is 35.6 Å². The van der Waals surface area contributed by atoms with Gasteiger partial charge in [-0.3, -0.25) is 4.79 Å². The second-order valence-corrected chi connectivity index (χ2v) is 9.43. The maximum Gasteiger partial charge on any atom is 0.404 e. The van der Waals surface area contributed by atoms with E-state index in [1.54, 1.807) is 17.0 Å². The Hall–Kier alpha value is -2.92. The Kier molecular flexibility index (Phi) is 10.7. The number of hydrogen-bond acceptors (Lipinski definition) is 5. The van der Waals surface area contributed by atoms with Crippen molar-refractivity contribution in [2.75, 3.05) is 52.9 Å². The first-order valence-corrected chi connectivity index (χ1v) is 12.7. The van der Waals surface area contributed by atoms with Gasteiger partial charge in [-0.25, -0.2) is 14.0 Å². The zero-order chi connectivity index (χ0) is 25.9. The van der Waals surface area contributed by atoms with Crippen molar-refractivity contribution in [2.45, 2.75) is 44.2 Å². The summed E-state index contributed by atoms with van der Waals surface area (Å²) in [5.74, 6) is -0.331. The Labute approximate surface area is 211 Å². The lowest BCUT2D eigenvalue weighted by Crippen LogP contribution is -2.55. The van der Waals surface area contributed by atoms with E-state index in [-0.39, 0.29) is 42.9 Å². The molecule has 0 bridgehead atoms. The molecule has 10 nitrogen and oxygen atoms in total. The number of likely N-dealkylation sites (tertiary alicyclic amines) is 2. The number of nitrogens with zero attached hydrogens (tertiary/aromatic N) is 2. The van der Waals surface area contributed by atoms with E-state index in [4.69, 9.17) is 9.84 Å². The number of piperidine rings is 2. The minimum Gasteiger partial charge on any atom is -0.465 e. The topological polar surface area (TPSA) is 123 Å². The van der Waals surface area contributed by atoms with Crippen LogP contribution >= 0.6 is 0 Å². The normalized spacial score (nSPS) is 20.1. The number of hydrogen-bond donors (Lipinski definition) is 4. The Bertz CT molecular complexity index is 888. The molecule has 200 valence electrons. The van der Waals surface area contributed by atoms with Crippen LogP contribution in [0.15, 0.2) is 24.3 Å². The van der Waals surface area contributed by atoms with Gasteiger partial charge >= 0.3 is 12.1 Å². The number of urea groups is 1. The fourth-order valence-corrected chi connectivity index (χ4v) is 4.97. The molecular formula is C25H38FN5O5. The molecule has 2 aliphatic rings. The zero-order valence-electron chi connectivity index (χ0n) is 20.9. The number of rotatable bonds is 11. The van der Waals surface area contributed by atoms with E-state index in [2.05, 4.69) is 16.0 Å². The Morgan fingerprint density at radius 1 is 1.25 bits per heavy atom. The Morgan fingerprint density at radius 3 is 2.81 bits per heavy atom. The predicted octanol–water partition coefficient (Wildman–Crippen LogP) is 2.17. The molecule has 11 heteroatoms. The first-order valence-electron chi connectivity index (χ1n) is 12.7. The lowest BCUT2D eigenvalue weighted by molar-refractivity contribution is -0.133. The highest BCUT2D eigenvalue weighted by Gasteiger charge is 2.32. The molecule has 0 radical (unpaired) electrons. The molecule has 36 heavy (non-hydrogen) atoms. The molecule has 0 aliphatic carbocycles. The summed E-state index contributed by atoms with van der Waals surface area (Å²) in [7, 11) is 1.81. The van der Waals surface area contributed by atoms with Crippen molar-refractivity contribution >= 4 is 18.0 Å². The van der Waals surface area contributed by atoms with Crippen molar-refractivity contribution in [2.24, 2.45) is 5.92 Å². The van der Waals surface area contributed by atoms with E-state index in [1.165, 1.54) is 12.1 Å². The summed E-state index contributed by atoms with van der Waals surface area (Å²) in [5, 5.41) is 17.3. The largest absolute Gasteiger partial charge is 0.465 e. The zero-order valence-corrected chi connectivity index (χ0v) is 20.9. The number of ether oxygens (including phenoxy) is 1. The number of carbonyl (C=O) groups is 3. The summed E-state index contributed by atoms with van der Waals surface area (Å²) in [6, 6.07) is 5.77. The molecule has 0 saturated carbocycles. The summed E-state index contributed by atoms with van der Waals surface area (Å²) >= 11 is 0.